The summed E-state index contributed by atoms with van der Waals surface area (Å²) in [5, 5.41) is 5.57. The van der Waals surface area contributed by atoms with Crippen molar-refractivity contribution in [3.05, 3.63) is 63.5 Å². The Morgan fingerprint density at radius 2 is 2.14 bits per heavy atom. The van der Waals surface area contributed by atoms with Gasteiger partial charge in [0.15, 0.2) is 5.96 Å². The van der Waals surface area contributed by atoms with E-state index in [-0.39, 0.29) is 17.3 Å². The van der Waals surface area contributed by atoms with Crippen LogP contribution in [0.15, 0.2) is 51.7 Å². The van der Waals surface area contributed by atoms with Gasteiger partial charge in [-0.1, -0.05) is 30.3 Å². The first-order valence-electron chi connectivity index (χ1n) is 8.72. The van der Waals surface area contributed by atoms with Crippen LogP contribution in [0.1, 0.15) is 11.3 Å². The molecule has 3 rings (SSSR count). The Bertz CT molecular complexity index is 1000. The summed E-state index contributed by atoms with van der Waals surface area (Å²) in [6.07, 6.45) is 1.43. The third kappa shape index (κ3) is 6.80. The van der Waals surface area contributed by atoms with E-state index in [4.69, 9.17) is 16.2 Å². The van der Waals surface area contributed by atoms with Gasteiger partial charge in [-0.05, 0) is 5.56 Å². The molecule has 0 atom stereocenters. The maximum Gasteiger partial charge on any atom is 0.294 e. The molecular weight excluding hydrogens is 410 g/mol. The predicted molar refractivity (Wildman–Crippen MR) is 118 cm³/mol. The zero-order valence-corrected chi connectivity index (χ0v) is 17.1. The normalized spacial score (nSPS) is 10.5. The molecular formula is C18H21N7O2S2. The summed E-state index contributed by atoms with van der Waals surface area (Å²) in [6.45, 7) is 0.958. The van der Waals surface area contributed by atoms with E-state index in [0.717, 1.165) is 22.8 Å². The molecule has 0 spiro atoms. The van der Waals surface area contributed by atoms with Crippen LogP contribution in [0.5, 0.6) is 5.75 Å². The third-order valence-electron chi connectivity index (χ3n) is 3.56. The Morgan fingerprint density at radius 1 is 1.31 bits per heavy atom. The molecule has 1 aromatic carbocycles. The minimum Gasteiger partial charge on any atom is -0.482 e. The zero-order chi connectivity index (χ0) is 20.5. The van der Waals surface area contributed by atoms with Crippen LogP contribution < -0.4 is 27.1 Å². The number of hydrogen-bond acceptors (Lipinski definition) is 8. The predicted octanol–water partition coefficient (Wildman–Crippen LogP) is 2.06. The number of thiazole rings is 1. The summed E-state index contributed by atoms with van der Waals surface area (Å²) in [4.78, 5) is 27.2. The van der Waals surface area contributed by atoms with Crippen LogP contribution in [0.3, 0.4) is 0 Å². The van der Waals surface area contributed by atoms with E-state index < -0.39 is 0 Å². The van der Waals surface area contributed by atoms with Crippen molar-refractivity contribution in [2.75, 3.05) is 17.6 Å². The average Bonchev–Trinajstić information content (AvgIpc) is 3.14. The highest BCUT2D eigenvalue weighted by Crippen LogP contribution is 2.21. The summed E-state index contributed by atoms with van der Waals surface area (Å²) in [7, 11) is 0. The van der Waals surface area contributed by atoms with Gasteiger partial charge in [0.1, 0.15) is 6.61 Å². The van der Waals surface area contributed by atoms with Gasteiger partial charge in [-0.2, -0.15) is 16.8 Å². The van der Waals surface area contributed by atoms with Crippen molar-refractivity contribution in [3.63, 3.8) is 0 Å². The summed E-state index contributed by atoms with van der Waals surface area (Å²) in [6, 6.07) is 9.63. The van der Waals surface area contributed by atoms with E-state index in [2.05, 4.69) is 25.3 Å². The molecule has 11 heteroatoms. The van der Waals surface area contributed by atoms with Crippen molar-refractivity contribution in [1.29, 1.82) is 0 Å². The molecule has 0 aliphatic rings. The summed E-state index contributed by atoms with van der Waals surface area (Å²) in [5.74, 6) is 2.15. The number of H-pyrrole nitrogens is 1. The van der Waals surface area contributed by atoms with Gasteiger partial charge >= 0.3 is 0 Å². The highest BCUT2D eigenvalue weighted by atomic mass is 32.2. The number of thioether (sulfide) groups is 1. The molecule has 152 valence electrons. The molecule has 0 bridgehead atoms. The lowest BCUT2D eigenvalue weighted by Crippen LogP contribution is -2.21. The van der Waals surface area contributed by atoms with E-state index in [1.165, 1.54) is 17.5 Å². The van der Waals surface area contributed by atoms with Crippen LogP contribution in [0, 0.1) is 0 Å². The Kier molecular flexibility index (Phi) is 7.47. The van der Waals surface area contributed by atoms with Crippen LogP contribution in [0.25, 0.3) is 0 Å². The maximum absolute atomic E-state index is 12.1. The minimum absolute atomic E-state index is 0.000676. The Hall–Kier alpha value is -3.05. The fourth-order valence-electron chi connectivity index (χ4n) is 2.25. The Morgan fingerprint density at radius 3 is 2.90 bits per heavy atom. The number of nitrogens with one attached hydrogen (secondary N) is 2. The molecule has 0 saturated heterocycles. The van der Waals surface area contributed by atoms with Crippen LogP contribution in [0.2, 0.25) is 0 Å². The molecule has 0 aliphatic heterocycles. The number of hydrogen-bond donors (Lipinski definition) is 4. The number of aromatic nitrogens is 3. The van der Waals surface area contributed by atoms with Gasteiger partial charge in [-0.25, -0.2) is 9.97 Å². The number of ether oxygens (including phenoxy) is 1. The fourth-order valence-corrected chi connectivity index (χ4v) is 3.81. The molecule has 0 unspecified atom stereocenters. The van der Waals surface area contributed by atoms with Crippen LogP contribution >= 0.6 is 23.1 Å². The molecule has 2 aromatic heterocycles. The topological polar surface area (TPSA) is 144 Å². The number of guanidine groups is 1. The van der Waals surface area contributed by atoms with Gasteiger partial charge in [0.25, 0.3) is 5.56 Å². The molecule has 9 nitrogen and oxygen atoms in total. The SMILES string of the molecule is NC(N)=Nc1nc(CSCCNc2ncc(OCc3ccccc3)c(=O)[nH]2)cs1. The van der Waals surface area contributed by atoms with Crippen molar-refractivity contribution >= 4 is 40.1 Å². The number of anilines is 1. The number of aliphatic imine (C=N–C) groups is 1. The van der Waals surface area contributed by atoms with Gasteiger partial charge < -0.3 is 21.5 Å². The lowest BCUT2D eigenvalue weighted by molar-refractivity contribution is 0.300. The summed E-state index contributed by atoms with van der Waals surface area (Å²) < 4.78 is 5.53. The molecule has 3 aromatic rings. The first-order chi connectivity index (χ1) is 14.1. The first kappa shape index (κ1) is 20.7. The minimum atomic E-state index is -0.319. The molecule has 29 heavy (non-hydrogen) atoms. The quantitative estimate of drug-likeness (QED) is 0.217. The largest absolute Gasteiger partial charge is 0.482 e. The third-order valence-corrected chi connectivity index (χ3v) is 5.33. The summed E-state index contributed by atoms with van der Waals surface area (Å²) in [5.41, 5.74) is 12.3. The second kappa shape index (κ2) is 10.5. The lowest BCUT2D eigenvalue weighted by Gasteiger charge is -2.07. The van der Waals surface area contributed by atoms with Crippen LogP contribution in [0.4, 0.5) is 11.1 Å². The molecule has 0 fully saturated rings. The highest BCUT2D eigenvalue weighted by Gasteiger charge is 2.05. The number of aromatic amines is 1. The van der Waals surface area contributed by atoms with Crippen molar-refractivity contribution < 1.29 is 4.74 Å². The number of benzene rings is 1. The molecule has 0 radical (unpaired) electrons. The maximum atomic E-state index is 12.1. The fraction of sp³-hybridized carbons (Fsp3) is 0.222. The van der Waals surface area contributed by atoms with Crippen LogP contribution in [-0.2, 0) is 12.4 Å². The first-order valence-corrected chi connectivity index (χ1v) is 10.8. The second-order valence-electron chi connectivity index (χ2n) is 5.84. The number of nitrogens with two attached hydrogens (primary N) is 2. The van der Waals surface area contributed by atoms with E-state index >= 15 is 0 Å². The van der Waals surface area contributed by atoms with Crippen LogP contribution in [-0.4, -0.2) is 33.2 Å². The van der Waals surface area contributed by atoms with E-state index in [9.17, 15) is 4.79 Å². The zero-order valence-electron chi connectivity index (χ0n) is 15.5. The van der Waals surface area contributed by atoms with Gasteiger partial charge in [-0.15, -0.1) is 11.3 Å². The van der Waals surface area contributed by atoms with E-state index in [1.807, 2.05) is 35.7 Å². The lowest BCUT2D eigenvalue weighted by atomic mass is 10.2. The van der Waals surface area contributed by atoms with E-state index in [0.29, 0.717) is 24.2 Å². The molecule has 2 heterocycles. The second-order valence-corrected chi connectivity index (χ2v) is 7.78. The monoisotopic (exact) mass is 431 g/mol. The standard InChI is InChI=1S/C18H21N7O2S2/c19-16(20)25-18-23-13(11-29-18)10-28-7-6-21-17-22-8-14(15(26)24-17)27-9-12-4-2-1-3-5-12/h1-5,8,11H,6-7,9-10H2,(H4,19,20,23,25)(H2,21,22,24,26). The van der Waals surface area contributed by atoms with Crippen molar-refractivity contribution in [2.45, 2.75) is 12.4 Å². The molecule has 0 amide bonds. The highest BCUT2D eigenvalue weighted by molar-refractivity contribution is 7.98. The van der Waals surface area contributed by atoms with Crippen molar-refractivity contribution in [3.8, 4) is 5.75 Å². The van der Waals surface area contributed by atoms with Gasteiger partial charge in [0, 0.05) is 23.4 Å². The smallest absolute Gasteiger partial charge is 0.294 e. The van der Waals surface area contributed by atoms with E-state index in [1.54, 1.807) is 11.8 Å². The number of nitrogens with zero attached hydrogens (tertiary/aromatic N) is 3. The van der Waals surface area contributed by atoms with Crippen molar-refractivity contribution in [2.24, 2.45) is 16.5 Å². The van der Waals surface area contributed by atoms with Gasteiger partial charge in [0.05, 0.1) is 11.9 Å². The number of rotatable bonds is 10. The van der Waals surface area contributed by atoms with Crippen molar-refractivity contribution in [1.82, 2.24) is 15.0 Å². The summed E-state index contributed by atoms with van der Waals surface area (Å²) >= 11 is 3.09. The Labute approximate surface area is 175 Å². The van der Waals surface area contributed by atoms with Gasteiger partial charge in [-0.3, -0.25) is 9.78 Å². The molecule has 6 N–H and O–H groups in total. The average molecular weight is 432 g/mol. The molecule has 0 aliphatic carbocycles. The molecule has 0 saturated carbocycles. The Balaban J connectivity index is 1.39. The van der Waals surface area contributed by atoms with Gasteiger partial charge in [0.2, 0.25) is 16.8 Å².